The van der Waals surface area contributed by atoms with Crippen LogP contribution in [0.4, 0.5) is 5.69 Å². The standard InChI is InChI=1S/C29H22ClNO2/c1-2-17-31-27-16-13-20-7-3-5-9-24(20)29(27)25(18-28(31)32)21-11-14-23(15-12-21)33-19-22-8-4-6-10-26(22)30/h1,3-16,25H,17-19H2. The number of hydrogen-bond donors (Lipinski definition) is 0. The highest BCUT2D eigenvalue weighted by atomic mass is 35.5. The average molecular weight is 452 g/mol. The van der Waals surface area contributed by atoms with Gasteiger partial charge in [-0.1, -0.05) is 78.2 Å². The van der Waals surface area contributed by atoms with E-state index >= 15 is 0 Å². The van der Waals surface area contributed by atoms with E-state index in [1.165, 1.54) is 0 Å². The summed E-state index contributed by atoms with van der Waals surface area (Å²) in [7, 11) is 0. The van der Waals surface area contributed by atoms with Gasteiger partial charge >= 0.3 is 0 Å². The smallest absolute Gasteiger partial charge is 0.228 e. The number of benzene rings is 4. The monoisotopic (exact) mass is 451 g/mol. The number of hydrogen-bond acceptors (Lipinski definition) is 2. The topological polar surface area (TPSA) is 29.5 Å². The van der Waals surface area contributed by atoms with E-state index in [1.807, 2.05) is 66.7 Å². The number of fused-ring (bicyclic) bond motifs is 3. The molecule has 1 aliphatic heterocycles. The van der Waals surface area contributed by atoms with Gasteiger partial charge in [-0.25, -0.2) is 0 Å². The summed E-state index contributed by atoms with van der Waals surface area (Å²) in [5.74, 6) is 3.38. The SMILES string of the molecule is C#CCN1C(=O)CC(c2ccc(OCc3ccccc3Cl)cc2)c2c1ccc1ccccc21. The summed E-state index contributed by atoms with van der Waals surface area (Å²) in [5, 5.41) is 2.99. The molecule has 1 aliphatic rings. The Labute approximate surface area is 198 Å². The molecule has 3 nitrogen and oxygen atoms in total. The van der Waals surface area contributed by atoms with Crippen LogP contribution in [0.25, 0.3) is 10.8 Å². The van der Waals surface area contributed by atoms with Crippen LogP contribution in [0.3, 0.4) is 0 Å². The number of carbonyl (C=O) groups excluding carboxylic acids is 1. The van der Waals surface area contributed by atoms with Crippen molar-refractivity contribution in [2.45, 2.75) is 18.9 Å². The fourth-order valence-corrected chi connectivity index (χ4v) is 4.72. The molecule has 33 heavy (non-hydrogen) atoms. The zero-order chi connectivity index (χ0) is 22.8. The molecule has 1 unspecified atom stereocenters. The first kappa shape index (κ1) is 21.1. The molecule has 0 saturated carbocycles. The molecule has 1 atom stereocenters. The maximum Gasteiger partial charge on any atom is 0.228 e. The summed E-state index contributed by atoms with van der Waals surface area (Å²) in [4.78, 5) is 14.7. The average Bonchev–Trinajstić information content (AvgIpc) is 2.85. The van der Waals surface area contributed by atoms with Gasteiger partial charge in [0.1, 0.15) is 12.4 Å². The zero-order valence-corrected chi connectivity index (χ0v) is 18.8. The van der Waals surface area contributed by atoms with Crippen molar-refractivity contribution < 1.29 is 9.53 Å². The van der Waals surface area contributed by atoms with Crippen LogP contribution in [0.2, 0.25) is 5.02 Å². The van der Waals surface area contributed by atoms with Gasteiger partial charge in [0.05, 0.1) is 6.54 Å². The van der Waals surface area contributed by atoms with Gasteiger partial charge in [-0.2, -0.15) is 0 Å². The third kappa shape index (κ3) is 4.06. The predicted octanol–water partition coefficient (Wildman–Crippen LogP) is 6.57. The van der Waals surface area contributed by atoms with Crippen molar-refractivity contribution in [1.29, 1.82) is 0 Å². The molecule has 4 heteroatoms. The lowest BCUT2D eigenvalue weighted by Crippen LogP contribution is -2.37. The Morgan fingerprint density at radius 1 is 0.970 bits per heavy atom. The lowest BCUT2D eigenvalue weighted by atomic mass is 9.81. The quantitative estimate of drug-likeness (QED) is 0.321. The molecule has 1 amide bonds. The first-order valence-electron chi connectivity index (χ1n) is 10.9. The second-order valence-electron chi connectivity index (χ2n) is 8.11. The Morgan fingerprint density at radius 3 is 2.52 bits per heavy atom. The summed E-state index contributed by atoms with van der Waals surface area (Å²) in [5.41, 5.74) is 4.06. The molecule has 4 aromatic rings. The maximum atomic E-state index is 13.0. The van der Waals surface area contributed by atoms with Crippen LogP contribution >= 0.6 is 11.6 Å². The number of ether oxygens (including phenoxy) is 1. The van der Waals surface area contributed by atoms with Crippen molar-refractivity contribution in [1.82, 2.24) is 0 Å². The largest absolute Gasteiger partial charge is 0.489 e. The predicted molar refractivity (Wildman–Crippen MR) is 134 cm³/mol. The molecule has 1 heterocycles. The van der Waals surface area contributed by atoms with Crippen molar-refractivity contribution in [3.8, 4) is 18.1 Å². The summed E-state index contributed by atoms with van der Waals surface area (Å²) >= 11 is 6.23. The summed E-state index contributed by atoms with van der Waals surface area (Å²) in [6, 6.07) is 28.0. The second kappa shape index (κ2) is 9.02. The van der Waals surface area contributed by atoms with Gasteiger partial charge in [-0.15, -0.1) is 6.42 Å². The lowest BCUT2D eigenvalue weighted by Gasteiger charge is -2.34. The summed E-state index contributed by atoms with van der Waals surface area (Å²) < 4.78 is 5.94. The molecule has 0 bridgehead atoms. The molecule has 0 aromatic heterocycles. The number of anilines is 1. The molecule has 0 saturated heterocycles. The molecule has 4 aromatic carbocycles. The van der Waals surface area contributed by atoms with E-state index in [4.69, 9.17) is 22.8 Å². The first-order valence-corrected chi connectivity index (χ1v) is 11.2. The Kier molecular flexibility index (Phi) is 5.77. The van der Waals surface area contributed by atoms with E-state index in [2.05, 4.69) is 24.1 Å². The fourth-order valence-electron chi connectivity index (χ4n) is 4.53. The Bertz CT molecular complexity index is 1370. The highest BCUT2D eigenvalue weighted by Gasteiger charge is 2.33. The number of carbonyl (C=O) groups is 1. The van der Waals surface area contributed by atoms with Gasteiger partial charge in [0.25, 0.3) is 0 Å². The maximum absolute atomic E-state index is 13.0. The van der Waals surface area contributed by atoms with Crippen LogP contribution in [0, 0.1) is 12.3 Å². The summed E-state index contributed by atoms with van der Waals surface area (Å²) in [6.07, 6.45) is 5.95. The van der Waals surface area contributed by atoms with E-state index < -0.39 is 0 Å². The van der Waals surface area contributed by atoms with Crippen molar-refractivity contribution in [2.24, 2.45) is 0 Å². The van der Waals surface area contributed by atoms with E-state index in [0.29, 0.717) is 18.1 Å². The second-order valence-corrected chi connectivity index (χ2v) is 8.52. The van der Waals surface area contributed by atoms with Gasteiger partial charge < -0.3 is 9.64 Å². The van der Waals surface area contributed by atoms with E-state index in [0.717, 1.165) is 38.9 Å². The van der Waals surface area contributed by atoms with Crippen LogP contribution in [0.1, 0.15) is 29.0 Å². The molecule has 5 rings (SSSR count). The third-order valence-electron chi connectivity index (χ3n) is 6.15. The van der Waals surface area contributed by atoms with Gasteiger partial charge in [0, 0.05) is 28.6 Å². The first-order chi connectivity index (χ1) is 16.2. The molecule has 0 aliphatic carbocycles. The molecular weight excluding hydrogens is 430 g/mol. The van der Waals surface area contributed by atoms with E-state index in [9.17, 15) is 4.79 Å². The Hall–Kier alpha value is -3.74. The minimum absolute atomic E-state index is 0.0415. The van der Waals surface area contributed by atoms with Crippen molar-refractivity contribution in [3.05, 3.63) is 107 Å². The number of rotatable bonds is 5. The summed E-state index contributed by atoms with van der Waals surface area (Å²) in [6.45, 7) is 0.668. The van der Waals surface area contributed by atoms with Crippen LogP contribution in [0.5, 0.6) is 5.75 Å². The molecule has 0 fully saturated rings. The highest BCUT2D eigenvalue weighted by molar-refractivity contribution is 6.31. The van der Waals surface area contributed by atoms with Crippen molar-refractivity contribution >= 4 is 34.0 Å². The van der Waals surface area contributed by atoms with E-state index in [1.54, 1.807) is 4.90 Å². The van der Waals surface area contributed by atoms with Crippen LogP contribution in [0.15, 0.2) is 84.9 Å². The van der Waals surface area contributed by atoms with Crippen LogP contribution in [-0.4, -0.2) is 12.5 Å². The molecule has 0 N–H and O–H groups in total. The fraction of sp³-hybridized carbons (Fsp3) is 0.138. The normalized spacial score (nSPS) is 15.2. The number of nitrogens with zero attached hydrogens (tertiary/aromatic N) is 1. The van der Waals surface area contributed by atoms with Gasteiger partial charge in [0.2, 0.25) is 5.91 Å². The van der Waals surface area contributed by atoms with Gasteiger partial charge in [-0.05, 0) is 46.2 Å². The molecule has 162 valence electrons. The minimum atomic E-state index is -0.0507. The third-order valence-corrected chi connectivity index (χ3v) is 6.52. The van der Waals surface area contributed by atoms with Crippen LogP contribution < -0.4 is 9.64 Å². The lowest BCUT2D eigenvalue weighted by molar-refractivity contribution is -0.119. The number of halogens is 1. The van der Waals surface area contributed by atoms with Gasteiger partial charge in [-0.3, -0.25) is 4.79 Å². The van der Waals surface area contributed by atoms with Crippen LogP contribution in [-0.2, 0) is 11.4 Å². The minimum Gasteiger partial charge on any atom is -0.489 e. The highest BCUT2D eigenvalue weighted by Crippen LogP contribution is 2.44. The van der Waals surface area contributed by atoms with Crippen molar-refractivity contribution in [2.75, 3.05) is 11.4 Å². The van der Waals surface area contributed by atoms with E-state index in [-0.39, 0.29) is 18.4 Å². The molecule has 0 radical (unpaired) electrons. The van der Waals surface area contributed by atoms with Crippen molar-refractivity contribution in [3.63, 3.8) is 0 Å². The number of amides is 1. The van der Waals surface area contributed by atoms with Gasteiger partial charge in [0.15, 0.2) is 0 Å². The number of terminal acetylenes is 1. The zero-order valence-electron chi connectivity index (χ0n) is 18.0. The molecular formula is C29H22ClNO2. The Morgan fingerprint density at radius 2 is 1.73 bits per heavy atom. The molecule has 0 spiro atoms. The Balaban J connectivity index is 1.49.